The molecule has 1 aromatic rings. The number of amides is 1. The molecule has 2 unspecified atom stereocenters. The van der Waals surface area contributed by atoms with Crippen molar-refractivity contribution in [3.05, 3.63) is 28.7 Å². The summed E-state index contributed by atoms with van der Waals surface area (Å²) in [5, 5.41) is 12.7. The number of ether oxygens (including phenoxy) is 1. The molecule has 1 amide bonds. The summed E-state index contributed by atoms with van der Waals surface area (Å²) in [6.45, 7) is 0.536. The lowest BCUT2D eigenvalue weighted by molar-refractivity contribution is -0.123. The standard InChI is InChI=1S/C15H20BrNO3/c16-12-5-7-13(8-6-12)20-10-15(19)17-9-11-3-1-2-4-14(11)18/h5-8,11,14,18H,1-4,9-10H2,(H,17,19). The van der Waals surface area contributed by atoms with E-state index in [9.17, 15) is 9.90 Å². The van der Waals surface area contributed by atoms with Crippen LogP contribution in [-0.2, 0) is 4.79 Å². The molecule has 0 heterocycles. The quantitative estimate of drug-likeness (QED) is 0.864. The van der Waals surface area contributed by atoms with Gasteiger partial charge in [-0.05, 0) is 37.1 Å². The molecule has 1 saturated carbocycles. The highest BCUT2D eigenvalue weighted by Crippen LogP contribution is 2.23. The van der Waals surface area contributed by atoms with Crippen molar-refractivity contribution < 1.29 is 14.6 Å². The fourth-order valence-corrected chi connectivity index (χ4v) is 2.67. The van der Waals surface area contributed by atoms with Crippen molar-refractivity contribution in [2.75, 3.05) is 13.2 Å². The normalized spacial score (nSPS) is 22.3. The minimum absolute atomic E-state index is 0.00441. The van der Waals surface area contributed by atoms with E-state index in [1.807, 2.05) is 24.3 Å². The summed E-state index contributed by atoms with van der Waals surface area (Å²) >= 11 is 3.34. The number of aliphatic hydroxyl groups is 1. The minimum Gasteiger partial charge on any atom is -0.484 e. The molecule has 110 valence electrons. The van der Waals surface area contributed by atoms with E-state index in [4.69, 9.17) is 4.74 Å². The summed E-state index contributed by atoms with van der Waals surface area (Å²) in [5.41, 5.74) is 0. The van der Waals surface area contributed by atoms with Crippen molar-refractivity contribution >= 4 is 21.8 Å². The first-order chi connectivity index (χ1) is 9.65. The number of aliphatic hydroxyl groups excluding tert-OH is 1. The number of hydrogen-bond acceptors (Lipinski definition) is 3. The van der Waals surface area contributed by atoms with Gasteiger partial charge in [0.05, 0.1) is 6.10 Å². The molecule has 0 saturated heterocycles. The van der Waals surface area contributed by atoms with E-state index in [1.165, 1.54) is 0 Å². The second-order valence-corrected chi connectivity index (χ2v) is 6.07. The highest BCUT2D eigenvalue weighted by molar-refractivity contribution is 9.10. The molecule has 2 rings (SSSR count). The highest BCUT2D eigenvalue weighted by Gasteiger charge is 2.23. The van der Waals surface area contributed by atoms with Gasteiger partial charge in [-0.1, -0.05) is 28.8 Å². The second kappa shape index (κ2) is 7.64. The van der Waals surface area contributed by atoms with Crippen LogP contribution in [0.3, 0.4) is 0 Å². The summed E-state index contributed by atoms with van der Waals surface area (Å²) in [6, 6.07) is 7.35. The fraction of sp³-hybridized carbons (Fsp3) is 0.533. The molecule has 5 heteroatoms. The Kier molecular flexibility index (Phi) is 5.86. The van der Waals surface area contributed by atoms with Crippen molar-refractivity contribution in [1.29, 1.82) is 0 Å². The topological polar surface area (TPSA) is 58.6 Å². The molecule has 2 atom stereocenters. The molecule has 1 aromatic carbocycles. The zero-order valence-corrected chi connectivity index (χ0v) is 12.9. The van der Waals surface area contributed by atoms with Crippen LogP contribution in [0, 0.1) is 5.92 Å². The van der Waals surface area contributed by atoms with Crippen LogP contribution < -0.4 is 10.1 Å². The van der Waals surface area contributed by atoms with Crippen LogP contribution in [0.4, 0.5) is 0 Å². The van der Waals surface area contributed by atoms with Gasteiger partial charge in [0.1, 0.15) is 5.75 Å². The number of carbonyl (C=O) groups is 1. The monoisotopic (exact) mass is 341 g/mol. The fourth-order valence-electron chi connectivity index (χ4n) is 2.40. The Morgan fingerprint density at radius 1 is 1.30 bits per heavy atom. The van der Waals surface area contributed by atoms with Gasteiger partial charge in [0.15, 0.2) is 6.61 Å². The van der Waals surface area contributed by atoms with Crippen LogP contribution in [0.5, 0.6) is 5.75 Å². The van der Waals surface area contributed by atoms with Gasteiger partial charge in [0.25, 0.3) is 5.91 Å². The average molecular weight is 342 g/mol. The molecule has 0 aromatic heterocycles. The van der Waals surface area contributed by atoms with Crippen LogP contribution in [0.2, 0.25) is 0 Å². The second-order valence-electron chi connectivity index (χ2n) is 5.16. The maximum atomic E-state index is 11.7. The summed E-state index contributed by atoms with van der Waals surface area (Å²) in [7, 11) is 0. The lowest BCUT2D eigenvalue weighted by atomic mass is 9.86. The first kappa shape index (κ1) is 15.3. The molecular formula is C15H20BrNO3. The van der Waals surface area contributed by atoms with Crippen LogP contribution in [0.25, 0.3) is 0 Å². The number of carbonyl (C=O) groups excluding carboxylic acids is 1. The molecule has 1 aliphatic rings. The van der Waals surface area contributed by atoms with Crippen molar-refractivity contribution in [2.24, 2.45) is 5.92 Å². The summed E-state index contributed by atoms with van der Waals surface area (Å²) in [4.78, 5) is 11.7. The lowest BCUT2D eigenvalue weighted by Crippen LogP contribution is -2.38. The Bertz CT molecular complexity index is 435. The van der Waals surface area contributed by atoms with Gasteiger partial charge in [-0.2, -0.15) is 0 Å². The number of benzene rings is 1. The van der Waals surface area contributed by atoms with E-state index in [0.29, 0.717) is 12.3 Å². The molecule has 20 heavy (non-hydrogen) atoms. The van der Waals surface area contributed by atoms with E-state index in [1.54, 1.807) is 0 Å². The Balaban J connectivity index is 1.68. The lowest BCUT2D eigenvalue weighted by Gasteiger charge is -2.27. The summed E-state index contributed by atoms with van der Waals surface area (Å²) < 4.78 is 6.37. The molecule has 0 aliphatic heterocycles. The maximum Gasteiger partial charge on any atom is 0.257 e. The van der Waals surface area contributed by atoms with Crippen molar-refractivity contribution in [3.8, 4) is 5.75 Å². The third-order valence-corrected chi connectivity index (χ3v) is 4.14. The van der Waals surface area contributed by atoms with E-state index < -0.39 is 0 Å². The van der Waals surface area contributed by atoms with Crippen LogP contribution in [-0.4, -0.2) is 30.3 Å². The predicted molar refractivity (Wildman–Crippen MR) is 80.6 cm³/mol. The number of nitrogens with one attached hydrogen (secondary N) is 1. The number of hydrogen-bond donors (Lipinski definition) is 2. The average Bonchev–Trinajstić information content (AvgIpc) is 2.46. The molecule has 0 spiro atoms. The summed E-state index contributed by atoms with van der Waals surface area (Å²) in [5.74, 6) is 0.701. The van der Waals surface area contributed by atoms with Crippen molar-refractivity contribution in [2.45, 2.75) is 31.8 Å². The summed E-state index contributed by atoms with van der Waals surface area (Å²) in [6.07, 6.45) is 3.76. The third kappa shape index (κ3) is 4.80. The van der Waals surface area contributed by atoms with E-state index in [-0.39, 0.29) is 24.5 Å². The van der Waals surface area contributed by atoms with E-state index in [2.05, 4.69) is 21.2 Å². The van der Waals surface area contributed by atoms with E-state index in [0.717, 1.165) is 30.2 Å². The molecule has 1 aliphatic carbocycles. The SMILES string of the molecule is O=C(COc1ccc(Br)cc1)NCC1CCCCC1O. The smallest absolute Gasteiger partial charge is 0.257 e. The van der Waals surface area contributed by atoms with Gasteiger partial charge in [-0.25, -0.2) is 0 Å². The zero-order valence-electron chi connectivity index (χ0n) is 11.3. The molecular weight excluding hydrogens is 322 g/mol. The Morgan fingerprint density at radius 2 is 2.00 bits per heavy atom. The highest BCUT2D eigenvalue weighted by atomic mass is 79.9. The van der Waals surface area contributed by atoms with Gasteiger partial charge in [-0.3, -0.25) is 4.79 Å². The minimum atomic E-state index is -0.281. The molecule has 2 N–H and O–H groups in total. The maximum absolute atomic E-state index is 11.7. The number of rotatable bonds is 5. The third-order valence-electron chi connectivity index (χ3n) is 3.61. The Hall–Kier alpha value is -1.07. The van der Waals surface area contributed by atoms with Gasteiger partial charge >= 0.3 is 0 Å². The van der Waals surface area contributed by atoms with Crippen LogP contribution in [0.15, 0.2) is 28.7 Å². The molecule has 4 nitrogen and oxygen atoms in total. The van der Waals surface area contributed by atoms with Crippen molar-refractivity contribution in [3.63, 3.8) is 0 Å². The largest absolute Gasteiger partial charge is 0.484 e. The molecule has 0 radical (unpaired) electrons. The Labute approximate surface area is 127 Å². The first-order valence-corrected chi connectivity index (χ1v) is 7.77. The van der Waals surface area contributed by atoms with Crippen LogP contribution in [0.1, 0.15) is 25.7 Å². The number of halogens is 1. The predicted octanol–water partition coefficient (Wildman–Crippen LogP) is 2.50. The zero-order chi connectivity index (χ0) is 14.4. The molecule has 0 bridgehead atoms. The van der Waals surface area contributed by atoms with Crippen LogP contribution >= 0.6 is 15.9 Å². The van der Waals surface area contributed by atoms with Gasteiger partial charge in [0, 0.05) is 16.9 Å². The van der Waals surface area contributed by atoms with Gasteiger partial charge in [0.2, 0.25) is 0 Å². The van der Waals surface area contributed by atoms with E-state index >= 15 is 0 Å². The van der Waals surface area contributed by atoms with Gasteiger partial charge < -0.3 is 15.2 Å². The molecule has 1 fully saturated rings. The van der Waals surface area contributed by atoms with Crippen molar-refractivity contribution in [1.82, 2.24) is 5.32 Å². The first-order valence-electron chi connectivity index (χ1n) is 6.98. The Morgan fingerprint density at radius 3 is 2.70 bits per heavy atom. The van der Waals surface area contributed by atoms with Gasteiger partial charge in [-0.15, -0.1) is 0 Å².